The number of benzene rings is 1. The van der Waals surface area contributed by atoms with Crippen LogP contribution in [-0.4, -0.2) is 23.4 Å². The third kappa shape index (κ3) is 5.24. The van der Waals surface area contributed by atoms with Crippen LogP contribution in [-0.2, 0) is 14.9 Å². The highest BCUT2D eigenvalue weighted by Crippen LogP contribution is 2.33. The van der Waals surface area contributed by atoms with Gasteiger partial charge < -0.3 is 10.1 Å². The molecule has 0 radical (unpaired) electrons. The van der Waals surface area contributed by atoms with E-state index >= 15 is 0 Å². The molecule has 0 aliphatic heterocycles. The van der Waals surface area contributed by atoms with Gasteiger partial charge in [0, 0.05) is 0 Å². The minimum Gasteiger partial charge on any atom is -0.456 e. The predicted octanol–water partition coefficient (Wildman–Crippen LogP) is 4.51. The van der Waals surface area contributed by atoms with Gasteiger partial charge in [0.15, 0.2) is 0 Å². The molecule has 0 spiro atoms. The van der Waals surface area contributed by atoms with Gasteiger partial charge in [-0.2, -0.15) is 0 Å². The smallest absolute Gasteiger partial charge is 0.340 e. The molecule has 1 N–H and O–H groups in total. The van der Waals surface area contributed by atoms with Crippen molar-refractivity contribution in [1.82, 2.24) is 0 Å². The van der Waals surface area contributed by atoms with Crippen molar-refractivity contribution < 1.29 is 14.3 Å². The molecule has 0 unspecified atom stereocenters. The summed E-state index contributed by atoms with van der Waals surface area (Å²) in [7, 11) is 0. The second kappa shape index (κ2) is 7.35. The molecule has 4 nitrogen and oxygen atoms in total. The molecule has 1 amide bonds. The van der Waals surface area contributed by atoms with E-state index < -0.39 is 11.6 Å². The summed E-state index contributed by atoms with van der Waals surface area (Å²) in [6, 6.07) is 5.35. The zero-order valence-electron chi connectivity index (χ0n) is 14.7. The number of carbonyl (C=O) groups is 2. The van der Waals surface area contributed by atoms with E-state index in [0.29, 0.717) is 17.7 Å². The first-order chi connectivity index (χ1) is 10.5. The van der Waals surface area contributed by atoms with Crippen molar-refractivity contribution >= 4 is 29.2 Å². The van der Waals surface area contributed by atoms with Gasteiger partial charge in [0.05, 0.1) is 11.3 Å². The van der Waals surface area contributed by atoms with E-state index in [4.69, 9.17) is 16.3 Å². The lowest BCUT2D eigenvalue weighted by atomic mass is 9.84. The zero-order valence-corrected chi connectivity index (χ0v) is 15.5. The Bertz CT molecular complexity index is 588. The van der Waals surface area contributed by atoms with Crippen LogP contribution >= 0.6 is 11.6 Å². The molecule has 1 rings (SSSR count). The summed E-state index contributed by atoms with van der Waals surface area (Å²) in [4.78, 5) is 24.4. The summed E-state index contributed by atoms with van der Waals surface area (Å²) < 4.78 is 5.57. The fraction of sp³-hybridized carbons (Fsp3) is 0.556. The Morgan fingerprint density at radius 2 is 1.78 bits per heavy atom. The van der Waals surface area contributed by atoms with E-state index in [1.165, 1.54) is 0 Å². The van der Waals surface area contributed by atoms with Gasteiger partial charge in [-0.25, -0.2) is 4.79 Å². The van der Waals surface area contributed by atoms with Crippen LogP contribution in [0.1, 0.15) is 63.9 Å². The SMILES string of the molecule is CCC(C)(C)OC(=O)c1cccc(C(C)(C)C)c1NC(=O)CCl. The van der Waals surface area contributed by atoms with Gasteiger partial charge in [0.2, 0.25) is 5.91 Å². The van der Waals surface area contributed by atoms with Crippen molar-refractivity contribution in [2.24, 2.45) is 0 Å². The molecule has 23 heavy (non-hydrogen) atoms. The second-order valence-corrected chi connectivity index (χ2v) is 7.43. The van der Waals surface area contributed by atoms with Gasteiger partial charge >= 0.3 is 5.97 Å². The van der Waals surface area contributed by atoms with Crippen LogP contribution in [0.5, 0.6) is 0 Å². The van der Waals surface area contributed by atoms with Gasteiger partial charge in [0.25, 0.3) is 0 Å². The van der Waals surface area contributed by atoms with E-state index in [1.54, 1.807) is 12.1 Å². The van der Waals surface area contributed by atoms with E-state index in [2.05, 4.69) is 5.32 Å². The number of hydrogen-bond acceptors (Lipinski definition) is 3. The Labute approximate surface area is 143 Å². The first-order valence-corrected chi connectivity index (χ1v) is 8.28. The summed E-state index contributed by atoms with van der Waals surface area (Å²) in [6.07, 6.45) is 0.696. The quantitative estimate of drug-likeness (QED) is 0.634. The van der Waals surface area contributed by atoms with E-state index in [0.717, 1.165) is 5.56 Å². The molecule has 0 atom stereocenters. The highest BCUT2D eigenvalue weighted by Gasteiger charge is 2.27. The maximum atomic E-state index is 12.6. The van der Waals surface area contributed by atoms with Crippen LogP contribution in [0, 0.1) is 0 Å². The summed E-state index contributed by atoms with van der Waals surface area (Å²) in [5.41, 5.74) is 0.869. The van der Waals surface area contributed by atoms with Gasteiger partial charge in [-0.3, -0.25) is 4.79 Å². The molecule has 0 saturated carbocycles. The number of esters is 1. The van der Waals surface area contributed by atoms with Crippen molar-refractivity contribution in [3.05, 3.63) is 29.3 Å². The molecule has 128 valence electrons. The number of ether oxygens (including phenoxy) is 1. The van der Waals surface area contributed by atoms with Crippen LogP contribution in [0.25, 0.3) is 0 Å². The molecular weight excluding hydrogens is 314 g/mol. The molecule has 0 aliphatic carbocycles. The lowest BCUT2D eigenvalue weighted by Gasteiger charge is -2.27. The maximum absolute atomic E-state index is 12.6. The van der Waals surface area contributed by atoms with E-state index in [9.17, 15) is 9.59 Å². The normalized spacial score (nSPS) is 12.0. The van der Waals surface area contributed by atoms with Crippen molar-refractivity contribution in [3.8, 4) is 0 Å². The van der Waals surface area contributed by atoms with Crippen LogP contribution in [0.4, 0.5) is 5.69 Å². The number of rotatable bonds is 5. The number of nitrogens with one attached hydrogen (secondary N) is 1. The van der Waals surface area contributed by atoms with Crippen molar-refractivity contribution in [2.45, 2.75) is 59.0 Å². The molecule has 5 heteroatoms. The van der Waals surface area contributed by atoms with Gasteiger partial charge in [-0.05, 0) is 37.3 Å². The summed E-state index contributed by atoms with van der Waals surface area (Å²) in [5, 5.41) is 2.75. The Morgan fingerprint density at radius 1 is 1.17 bits per heavy atom. The standard InChI is InChI=1S/C18H26ClNO3/c1-7-18(5,6)23-16(22)12-9-8-10-13(17(2,3)4)15(12)20-14(21)11-19/h8-10H,7,11H2,1-6H3,(H,20,21). The first kappa shape index (κ1) is 19.5. The second-order valence-electron chi connectivity index (χ2n) is 7.16. The highest BCUT2D eigenvalue weighted by molar-refractivity contribution is 6.29. The van der Waals surface area contributed by atoms with Gasteiger partial charge in [-0.15, -0.1) is 11.6 Å². The molecule has 0 bridgehead atoms. The Balaban J connectivity index is 3.36. The Hall–Kier alpha value is -1.55. The Morgan fingerprint density at radius 3 is 2.26 bits per heavy atom. The molecule has 0 aromatic heterocycles. The van der Waals surface area contributed by atoms with Crippen molar-refractivity contribution in [3.63, 3.8) is 0 Å². The zero-order chi connectivity index (χ0) is 17.8. The summed E-state index contributed by atoms with van der Waals surface area (Å²) in [6.45, 7) is 11.7. The van der Waals surface area contributed by atoms with Crippen LogP contribution in [0.15, 0.2) is 18.2 Å². The average Bonchev–Trinajstić information content (AvgIpc) is 2.45. The number of alkyl halides is 1. The maximum Gasteiger partial charge on any atom is 0.340 e. The average molecular weight is 340 g/mol. The predicted molar refractivity (Wildman–Crippen MR) is 94.3 cm³/mol. The number of hydrogen-bond donors (Lipinski definition) is 1. The summed E-state index contributed by atoms with van der Waals surface area (Å²) >= 11 is 5.60. The number of amides is 1. The third-order valence-electron chi connectivity index (χ3n) is 3.70. The third-order valence-corrected chi connectivity index (χ3v) is 3.94. The van der Waals surface area contributed by atoms with Crippen LogP contribution < -0.4 is 5.32 Å². The fourth-order valence-electron chi connectivity index (χ4n) is 2.03. The number of anilines is 1. The largest absolute Gasteiger partial charge is 0.456 e. The number of carbonyl (C=O) groups excluding carboxylic acids is 2. The van der Waals surface area contributed by atoms with Crippen LogP contribution in [0.3, 0.4) is 0 Å². The fourth-order valence-corrected chi connectivity index (χ4v) is 2.10. The van der Waals surface area contributed by atoms with Gasteiger partial charge in [-0.1, -0.05) is 39.8 Å². The topological polar surface area (TPSA) is 55.4 Å². The Kier molecular flexibility index (Phi) is 6.23. The molecule has 0 aliphatic rings. The summed E-state index contributed by atoms with van der Waals surface area (Å²) in [5.74, 6) is -0.979. The molecule has 1 aromatic rings. The first-order valence-electron chi connectivity index (χ1n) is 7.74. The molecule has 1 aromatic carbocycles. The number of halogens is 1. The lowest BCUT2D eigenvalue weighted by molar-refractivity contribution is -0.113. The minimum atomic E-state index is -0.567. The molecule has 0 fully saturated rings. The highest BCUT2D eigenvalue weighted by atomic mass is 35.5. The monoisotopic (exact) mass is 339 g/mol. The lowest BCUT2D eigenvalue weighted by Crippen LogP contribution is -2.29. The molecule has 0 saturated heterocycles. The van der Waals surface area contributed by atoms with Gasteiger partial charge in [0.1, 0.15) is 11.5 Å². The van der Waals surface area contributed by atoms with E-state index in [-0.39, 0.29) is 17.2 Å². The van der Waals surface area contributed by atoms with E-state index in [1.807, 2.05) is 47.6 Å². The molecule has 0 heterocycles. The molecular formula is C18H26ClNO3. The van der Waals surface area contributed by atoms with Crippen molar-refractivity contribution in [2.75, 3.05) is 11.2 Å². The minimum absolute atomic E-state index is 0.173. The van der Waals surface area contributed by atoms with Crippen molar-refractivity contribution in [1.29, 1.82) is 0 Å². The number of para-hydroxylation sites is 1. The van der Waals surface area contributed by atoms with Crippen LogP contribution in [0.2, 0.25) is 0 Å².